The second-order valence-electron chi connectivity index (χ2n) is 3.89. The van der Waals surface area contributed by atoms with Gasteiger partial charge in [-0.1, -0.05) is 0 Å². The molecule has 1 amide bonds. The Kier molecular flexibility index (Phi) is 3.66. The van der Waals surface area contributed by atoms with Crippen LogP contribution < -0.4 is 15.5 Å². The maximum absolute atomic E-state index is 11.9. The van der Waals surface area contributed by atoms with E-state index < -0.39 is 5.91 Å². The van der Waals surface area contributed by atoms with Gasteiger partial charge in [-0.15, -0.1) is 11.3 Å². The third-order valence-electron chi connectivity index (χ3n) is 2.59. The molecule has 2 rings (SSSR count). The molecular weight excluding hydrogens is 266 g/mol. The average Bonchev–Trinajstić information content (AvgIpc) is 2.68. The zero-order valence-electron chi connectivity index (χ0n) is 10.7. The normalized spacial score (nSPS) is 10.3. The van der Waals surface area contributed by atoms with E-state index in [0.29, 0.717) is 5.13 Å². The lowest BCUT2D eigenvalue weighted by molar-refractivity contribution is 0.102. The summed E-state index contributed by atoms with van der Waals surface area (Å²) >= 11 is 1.39. The van der Waals surface area contributed by atoms with Crippen molar-refractivity contribution in [3.05, 3.63) is 38.8 Å². The number of nitrogens with one attached hydrogen (secondary N) is 2. The number of aromatic nitrogens is 2. The van der Waals surface area contributed by atoms with E-state index in [9.17, 15) is 9.59 Å². The molecule has 0 saturated carbocycles. The Morgan fingerprint density at radius 1 is 1.47 bits per heavy atom. The second kappa shape index (κ2) is 5.23. The monoisotopic (exact) mass is 279 g/mol. The van der Waals surface area contributed by atoms with Gasteiger partial charge in [-0.05, 0) is 13.8 Å². The van der Waals surface area contributed by atoms with Crippen molar-refractivity contribution in [2.45, 2.75) is 13.8 Å². The quantitative estimate of drug-likeness (QED) is 0.895. The Hall–Kier alpha value is -2.15. The first kappa shape index (κ1) is 13.3. The minimum absolute atomic E-state index is 0.163. The number of ether oxygens (including phenoxy) is 1. The molecule has 0 atom stereocenters. The Morgan fingerprint density at radius 3 is 2.74 bits per heavy atom. The predicted molar refractivity (Wildman–Crippen MR) is 73.2 cm³/mol. The van der Waals surface area contributed by atoms with Gasteiger partial charge in [0, 0.05) is 17.1 Å². The molecule has 0 aliphatic carbocycles. The Balaban J connectivity index is 2.20. The molecule has 0 bridgehead atoms. The fraction of sp³-hybridized carbons (Fsp3) is 0.250. The fourth-order valence-electron chi connectivity index (χ4n) is 1.44. The molecule has 0 aliphatic heterocycles. The van der Waals surface area contributed by atoms with Gasteiger partial charge in [-0.2, -0.15) is 0 Å². The first-order valence-corrected chi connectivity index (χ1v) is 6.35. The third-order valence-corrected chi connectivity index (χ3v) is 3.58. The number of nitrogens with zero attached hydrogens (tertiary/aromatic N) is 1. The number of anilines is 1. The van der Waals surface area contributed by atoms with Crippen LogP contribution in [0.15, 0.2) is 17.1 Å². The van der Waals surface area contributed by atoms with E-state index in [1.165, 1.54) is 30.7 Å². The van der Waals surface area contributed by atoms with Crippen molar-refractivity contribution in [3.8, 4) is 5.75 Å². The molecule has 0 spiro atoms. The number of rotatable bonds is 3. The first-order chi connectivity index (χ1) is 9.01. The molecule has 19 heavy (non-hydrogen) atoms. The minimum Gasteiger partial charge on any atom is -0.491 e. The van der Waals surface area contributed by atoms with Gasteiger partial charge in [-0.25, -0.2) is 4.98 Å². The summed E-state index contributed by atoms with van der Waals surface area (Å²) in [6.07, 6.45) is 1.36. The lowest BCUT2D eigenvalue weighted by atomic mass is 10.3. The van der Waals surface area contributed by atoms with Gasteiger partial charge in [0.1, 0.15) is 5.69 Å². The average molecular weight is 279 g/mol. The number of carbonyl (C=O) groups excluding carboxylic acids is 1. The molecule has 2 heterocycles. The number of pyridine rings is 1. The van der Waals surface area contributed by atoms with Crippen LogP contribution in [0.1, 0.15) is 21.1 Å². The second-order valence-corrected chi connectivity index (χ2v) is 5.10. The molecule has 0 saturated heterocycles. The van der Waals surface area contributed by atoms with Gasteiger partial charge in [0.25, 0.3) is 5.91 Å². The molecule has 7 heteroatoms. The standard InChI is InChI=1S/C12H13N3O3S/c1-6-7(2)19-12(14-6)15-11(17)8-4-9(16)10(18-3)5-13-8/h4-5H,1-3H3,(H,13,16)(H,14,15,17). The van der Waals surface area contributed by atoms with Crippen LogP contribution in [0.5, 0.6) is 5.75 Å². The lowest BCUT2D eigenvalue weighted by Crippen LogP contribution is -2.17. The largest absolute Gasteiger partial charge is 0.491 e. The highest BCUT2D eigenvalue weighted by Crippen LogP contribution is 2.21. The number of H-pyrrole nitrogens is 1. The Bertz CT molecular complexity index is 656. The number of aryl methyl sites for hydroxylation is 2. The first-order valence-electron chi connectivity index (χ1n) is 5.53. The maximum atomic E-state index is 11.9. The zero-order valence-corrected chi connectivity index (χ0v) is 11.6. The van der Waals surface area contributed by atoms with Crippen LogP contribution in [-0.4, -0.2) is 23.0 Å². The molecule has 2 aromatic heterocycles. The van der Waals surface area contributed by atoms with Crippen molar-refractivity contribution in [2.75, 3.05) is 12.4 Å². The highest BCUT2D eigenvalue weighted by Gasteiger charge is 2.12. The number of carbonyl (C=O) groups is 1. The Morgan fingerprint density at radius 2 is 2.21 bits per heavy atom. The van der Waals surface area contributed by atoms with E-state index in [1.807, 2.05) is 13.8 Å². The van der Waals surface area contributed by atoms with E-state index in [-0.39, 0.29) is 16.9 Å². The zero-order chi connectivity index (χ0) is 14.0. The summed E-state index contributed by atoms with van der Waals surface area (Å²) < 4.78 is 4.83. The third kappa shape index (κ3) is 2.82. The van der Waals surface area contributed by atoms with Crippen LogP contribution >= 0.6 is 11.3 Å². The highest BCUT2D eigenvalue weighted by molar-refractivity contribution is 7.15. The summed E-state index contributed by atoms with van der Waals surface area (Å²) in [7, 11) is 1.39. The molecular formula is C12H13N3O3S. The van der Waals surface area contributed by atoms with E-state index in [1.54, 1.807) is 0 Å². The Labute approximate surface area is 113 Å². The fourth-order valence-corrected chi connectivity index (χ4v) is 2.25. The topological polar surface area (TPSA) is 84.1 Å². The summed E-state index contributed by atoms with van der Waals surface area (Å²) in [6, 6.07) is 1.20. The number of hydrogen-bond donors (Lipinski definition) is 2. The van der Waals surface area contributed by atoms with E-state index in [4.69, 9.17) is 4.74 Å². The van der Waals surface area contributed by atoms with Gasteiger partial charge >= 0.3 is 0 Å². The summed E-state index contributed by atoms with van der Waals surface area (Å²) in [4.78, 5) is 31.4. The minimum atomic E-state index is -0.409. The number of methoxy groups -OCH3 is 1. The van der Waals surface area contributed by atoms with Crippen molar-refractivity contribution in [1.82, 2.24) is 9.97 Å². The molecule has 0 unspecified atom stereocenters. The van der Waals surface area contributed by atoms with Gasteiger partial charge in [-0.3, -0.25) is 14.9 Å². The van der Waals surface area contributed by atoms with E-state index >= 15 is 0 Å². The number of thiazole rings is 1. The molecule has 0 aromatic carbocycles. The van der Waals surface area contributed by atoms with Crippen molar-refractivity contribution in [1.29, 1.82) is 0 Å². The van der Waals surface area contributed by atoms with E-state index in [2.05, 4.69) is 15.3 Å². The summed E-state index contributed by atoms with van der Waals surface area (Å²) in [6.45, 7) is 3.80. The van der Waals surface area contributed by atoms with Crippen LogP contribution in [0.2, 0.25) is 0 Å². The number of amides is 1. The highest BCUT2D eigenvalue weighted by atomic mass is 32.1. The predicted octanol–water partition coefficient (Wildman–Crippen LogP) is 1.71. The summed E-state index contributed by atoms with van der Waals surface area (Å²) in [5, 5.41) is 3.15. The van der Waals surface area contributed by atoms with Crippen LogP contribution in [0, 0.1) is 13.8 Å². The maximum Gasteiger partial charge on any atom is 0.273 e. The lowest BCUT2D eigenvalue weighted by Gasteiger charge is -2.03. The van der Waals surface area contributed by atoms with E-state index in [0.717, 1.165) is 10.6 Å². The SMILES string of the molecule is COc1c[nH]c(C(=O)Nc2nc(C)c(C)s2)cc1=O. The van der Waals surface area contributed by atoms with Crippen molar-refractivity contribution < 1.29 is 9.53 Å². The van der Waals surface area contributed by atoms with Crippen molar-refractivity contribution >= 4 is 22.4 Å². The molecule has 0 radical (unpaired) electrons. The van der Waals surface area contributed by atoms with Crippen molar-refractivity contribution in [3.63, 3.8) is 0 Å². The van der Waals surface area contributed by atoms with Gasteiger partial charge in [0.15, 0.2) is 10.9 Å². The molecule has 100 valence electrons. The summed E-state index contributed by atoms with van der Waals surface area (Å²) in [5.41, 5.74) is 0.692. The van der Waals surface area contributed by atoms with Crippen LogP contribution in [-0.2, 0) is 0 Å². The smallest absolute Gasteiger partial charge is 0.273 e. The van der Waals surface area contributed by atoms with Gasteiger partial charge < -0.3 is 9.72 Å². The number of hydrogen-bond acceptors (Lipinski definition) is 5. The molecule has 0 fully saturated rings. The van der Waals surface area contributed by atoms with Crippen molar-refractivity contribution in [2.24, 2.45) is 0 Å². The van der Waals surface area contributed by atoms with Crippen LogP contribution in [0.25, 0.3) is 0 Å². The van der Waals surface area contributed by atoms with Crippen LogP contribution in [0.3, 0.4) is 0 Å². The molecule has 2 aromatic rings. The van der Waals surface area contributed by atoms with Gasteiger partial charge in [0.05, 0.1) is 12.8 Å². The summed E-state index contributed by atoms with van der Waals surface area (Å²) in [5.74, 6) is -0.244. The van der Waals surface area contributed by atoms with Crippen LogP contribution in [0.4, 0.5) is 5.13 Å². The van der Waals surface area contributed by atoms with Gasteiger partial charge in [0.2, 0.25) is 5.43 Å². The molecule has 6 nitrogen and oxygen atoms in total. The molecule has 2 N–H and O–H groups in total. The molecule has 0 aliphatic rings. The number of aromatic amines is 1.